The second-order valence-corrected chi connectivity index (χ2v) is 5.19. The summed E-state index contributed by atoms with van der Waals surface area (Å²) in [6.07, 6.45) is 5.65. The standard InChI is InChI=1S/C17H28FNO2/c1-5-7-8-9-10-15(19-6-2)13-11-16(20-3)17(21-4)12-14(13)18/h11-12,15,19H,5-10H2,1-4H3. The van der Waals surface area contributed by atoms with Gasteiger partial charge >= 0.3 is 0 Å². The normalized spacial score (nSPS) is 12.2. The van der Waals surface area contributed by atoms with Gasteiger partial charge in [0.05, 0.1) is 14.2 Å². The summed E-state index contributed by atoms with van der Waals surface area (Å²) >= 11 is 0. The summed E-state index contributed by atoms with van der Waals surface area (Å²) in [7, 11) is 3.09. The van der Waals surface area contributed by atoms with E-state index in [1.807, 2.05) is 6.92 Å². The Kier molecular flexibility index (Phi) is 8.13. The third-order valence-electron chi connectivity index (χ3n) is 3.68. The third-order valence-corrected chi connectivity index (χ3v) is 3.68. The van der Waals surface area contributed by atoms with Crippen molar-refractivity contribution >= 4 is 0 Å². The Morgan fingerprint density at radius 3 is 2.29 bits per heavy atom. The number of methoxy groups -OCH3 is 2. The Morgan fingerprint density at radius 2 is 1.71 bits per heavy atom. The van der Waals surface area contributed by atoms with Crippen LogP contribution in [0, 0.1) is 5.82 Å². The van der Waals surface area contributed by atoms with Crippen molar-refractivity contribution in [3.05, 3.63) is 23.5 Å². The van der Waals surface area contributed by atoms with E-state index >= 15 is 0 Å². The molecule has 0 aliphatic carbocycles. The lowest BCUT2D eigenvalue weighted by Gasteiger charge is -2.20. The number of nitrogens with one attached hydrogen (secondary N) is 1. The minimum Gasteiger partial charge on any atom is -0.493 e. The number of rotatable bonds is 10. The van der Waals surface area contributed by atoms with Crippen LogP contribution in [0.5, 0.6) is 11.5 Å². The van der Waals surface area contributed by atoms with E-state index in [1.165, 1.54) is 32.4 Å². The smallest absolute Gasteiger partial charge is 0.163 e. The van der Waals surface area contributed by atoms with Crippen LogP contribution < -0.4 is 14.8 Å². The lowest BCUT2D eigenvalue weighted by Crippen LogP contribution is -2.22. The van der Waals surface area contributed by atoms with Crippen molar-refractivity contribution in [2.45, 2.75) is 52.0 Å². The first kappa shape index (κ1) is 17.8. The number of unbranched alkanes of at least 4 members (excludes halogenated alkanes) is 3. The van der Waals surface area contributed by atoms with Crippen LogP contribution in [0.25, 0.3) is 0 Å². The molecular formula is C17H28FNO2. The maximum Gasteiger partial charge on any atom is 0.163 e. The first-order chi connectivity index (χ1) is 10.2. The van der Waals surface area contributed by atoms with Gasteiger partial charge in [-0.15, -0.1) is 0 Å². The van der Waals surface area contributed by atoms with Crippen LogP contribution in [-0.4, -0.2) is 20.8 Å². The zero-order valence-corrected chi connectivity index (χ0v) is 13.7. The predicted molar refractivity (Wildman–Crippen MR) is 84.7 cm³/mol. The molecule has 0 fully saturated rings. The van der Waals surface area contributed by atoms with Crippen molar-refractivity contribution in [1.29, 1.82) is 0 Å². The Bertz CT molecular complexity index is 423. The molecule has 0 aliphatic rings. The quantitative estimate of drug-likeness (QED) is 0.647. The fraction of sp³-hybridized carbons (Fsp3) is 0.647. The molecule has 0 amide bonds. The predicted octanol–water partition coefficient (Wildman–Crippen LogP) is 4.46. The van der Waals surface area contributed by atoms with Gasteiger partial charge < -0.3 is 14.8 Å². The molecule has 120 valence electrons. The molecule has 0 aliphatic heterocycles. The van der Waals surface area contributed by atoms with E-state index < -0.39 is 0 Å². The summed E-state index contributed by atoms with van der Waals surface area (Å²) in [5, 5.41) is 3.37. The summed E-state index contributed by atoms with van der Waals surface area (Å²) in [6.45, 7) is 5.04. The van der Waals surface area contributed by atoms with Crippen LogP contribution in [0.1, 0.15) is 57.6 Å². The van der Waals surface area contributed by atoms with Crippen molar-refractivity contribution in [3.8, 4) is 11.5 Å². The van der Waals surface area contributed by atoms with Gasteiger partial charge in [0, 0.05) is 17.7 Å². The van der Waals surface area contributed by atoms with E-state index in [-0.39, 0.29) is 11.9 Å². The van der Waals surface area contributed by atoms with E-state index in [0.717, 1.165) is 19.4 Å². The minimum absolute atomic E-state index is 0.0201. The van der Waals surface area contributed by atoms with E-state index in [4.69, 9.17) is 9.47 Å². The van der Waals surface area contributed by atoms with Gasteiger partial charge in [0.1, 0.15) is 5.82 Å². The number of ether oxygens (including phenoxy) is 2. The molecule has 3 nitrogen and oxygen atoms in total. The molecule has 1 unspecified atom stereocenters. The largest absolute Gasteiger partial charge is 0.493 e. The molecule has 0 aromatic heterocycles. The first-order valence-electron chi connectivity index (χ1n) is 7.82. The second kappa shape index (κ2) is 9.61. The zero-order chi connectivity index (χ0) is 15.7. The van der Waals surface area contributed by atoms with E-state index in [1.54, 1.807) is 13.2 Å². The molecule has 21 heavy (non-hydrogen) atoms. The van der Waals surface area contributed by atoms with E-state index in [2.05, 4.69) is 12.2 Å². The molecule has 1 rings (SSSR count). The number of hydrogen-bond donors (Lipinski definition) is 1. The summed E-state index contributed by atoms with van der Waals surface area (Å²) < 4.78 is 24.7. The van der Waals surface area contributed by atoms with Gasteiger partial charge in [-0.05, 0) is 19.0 Å². The zero-order valence-electron chi connectivity index (χ0n) is 13.7. The van der Waals surface area contributed by atoms with Crippen molar-refractivity contribution < 1.29 is 13.9 Å². The molecular weight excluding hydrogens is 269 g/mol. The number of halogens is 1. The molecule has 0 saturated carbocycles. The first-order valence-corrected chi connectivity index (χ1v) is 7.82. The van der Waals surface area contributed by atoms with Gasteiger partial charge in [0.2, 0.25) is 0 Å². The minimum atomic E-state index is -0.242. The lowest BCUT2D eigenvalue weighted by molar-refractivity contribution is 0.349. The van der Waals surface area contributed by atoms with Crippen molar-refractivity contribution in [3.63, 3.8) is 0 Å². The molecule has 1 atom stereocenters. The summed E-state index contributed by atoms with van der Waals surface area (Å²) in [5.74, 6) is 0.763. The third kappa shape index (κ3) is 5.20. The molecule has 0 heterocycles. The van der Waals surface area contributed by atoms with Crippen molar-refractivity contribution in [2.24, 2.45) is 0 Å². The average Bonchev–Trinajstić information content (AvgIpc) is 2.50. The lowest BCUT2D eigenvalue weighted by atomic mass is 9.99. The Labute approximate surface area is 127 Å². The van der Waals surface area contributed by atoms with Crippen molar-refractivity contribution in [2.75, 3.05) is 20.8 Å². The topological polar surface area (TPSA) is 30.5 Å². The molecule has 4 heteroatoms. The Morgan fingerprint density at radius 1 is 1.05 bits per heavy atom. The van der Waals surface area contributed by atoms with Crippen LogP contribution in [0.2, 0.25) is 0 Å². The van der Waals surface area contributed by atoms with Crippen LogP contribution in [0.4, 0.5) is 4.39 Å². The van der Waals surface area contributed by atoms with Gasteiger partial charge in [-0.1, -0.05) is 39.5 Å². The van der Waals surface area contributed by atoms with Gasteiger partial charge in [-0.2, -0.15) is 0 Å². The summed E-state index contributed by atoms with van der Waals surface area (Å²) in [5.41, 5.74) is 0.658. The molecule has 0 radical (unpaired) electrons. The maximum absolute atomic E-state index is 14.3. The summed E-state index contributed by atoms with van der Waals surface area (Å²) in [4.78, 5) is 0. The maximum atomic E-state index is 14.3. The Hall–Kier alpha value is -1.29. The second-order valence-electron chi connectivity index (χ2n) is 5.19. The van der Waals surface area contributed by atoms with E-state index in [0.29, 0.717) is 17.1 Å². The molecule has 1 aromatic carbocycles. The molecule has 0 saturated heterocycles. The van der Waals surface area contributed by atoms with Crippen LogP contribution in [0.3, 0.4) is 0 Å². The van der Waals surface area contributed by atoms with Crippen molar-refractivity contribution in [1.82, 2.24) is 5.32 Å². The average molecular weight is 297 g/mol. The van der Waals surface area contributed by atoms with Gasteiger partial charge in [-0.3, -0.25) is 0 Å². The summed E-state index contributed by atoms with van der Waals surface area (Å²) in [6, 6.07) is 3.18. The van der Waals surface area contributed by atoms with Crippen LogP contribution in [-0.2, 0) is 0 Å². The molecule has 1 aromatic rings. The highest BCUT2D eigenvalue weighted by Crippen LogP contribution is 2.34. The number of hydrogen-bond acceptors (Lipinski definition) is 3. The fourth-order valence-electron chi connectivity index (χ4n) is 2.53. The van der Waals surface area contributed by atoms with Crippen LogP contribution >= 0.6 is 0 Å². The SMILES string of the molecule is CCCCCCC(NCC)c1cc(OC)c(OC)cc1F. The highest BCUT2D eigenvalue weighted by atomic mass is 19.1. The molecule has 1 N–H and O–H groups in total. The monoisotopic (exact) mass is 297 g/mol. The van der Waals surface area contributed by atoms with Gasteiger partial charge in [0.15, 0.2) is 11.5 Å². The van der Waals surface area contributed by atoms with E-state index in [9.17, 15) is 4.39 Å². The molecule has 0 bridgehead atoms. The van der Waals surface area contributed by atoms with Gasteiger partial charge in [0.25, 0.3) is 0 Å². The number of benzene rings is 1. The highest BCUT2D eigenvalue weighted by molar-refractivity contribution is 5.44. The Balaban J connectivity index is 2.90. The highest BCUT2D eigenvalue weighted by Gasteiger charge is 2.18. The van der Waals surface area contributed by atoms with Crippen LogP contribution in [0.15, 0.2) is 12.1 Å². The fourth-order valence-corrected chi connectivity index (χ4v) is 2.53. The molecule has 0 spiro atoms. The van der Waals surface area contributed by atoms with Gasteiger partial charge in [-0.25, -0.2) is 4.39 Å².